The van der Waals surface area contributed by atoms with Crippen molar-refractivity contribution in [2.75, 3.05) is 0 Å². The van der Waals surface area contributed by atoms with Crippen molar-refractivity contribution >= 4 is 0 Å². The first-order valence-corrected chi connectivity index (χ1v) is 7.58. The molecule has 3 aromatic heterocycles. The molecule has 0 aliphatic carbocycles. The molecule has 0 spiro atoms. The third-order valence-electron chi connectivity index (χ3n) is 3.84. The van der Waals surface area contributed by atoms with Crippen molar-refractivity contribution in [1.29, 1.82) is 0 Å². The van der Waals surface area contributed by atoms with Gasteiger partial charge in [0, 0.05) is 23.5 Å². The molecule has 0 aliphatic heterocycles. The third-order valence-corrected chi connectivity index (χ3v) is 3.84. The summed E-state index contributed by atoms with van der Waals surface area (Å²) in [5.41, 5.74) is 5.86. The Morgan fingerprint density at radius 1 is 1.00 bits per heavy atom. The van der Waals surface area contributed by atoms with Crippen molar-refractivity contribution in [3.63, 3.8) is 0 Å². The minimum Gasteiger partial charge on any atom is -0.332 e. The lowest BCUT2D eigenvalue weighted by Gasteiger charge is -2.02. The number of rotatable bonds is 3. The fourth-order valence-corrected chi connectivity index (χ4v) is 2.53. The van der Waals surface area contributed by atoms with E-state index in [0.717, 1.165) is 16.8 Å². The van der Waals surface area contributed by atoms with Crippen LogP contribution in [0.2, 0.25) is 0 Å². The smallest absolute Gasteiger partial charge is 0.276 e. The van der Waals surface area contributed by atoms with Crippen LogP contribution in [0.15, 0.2) is 53.3 Å². The van der Waals surface area contributed by atoms with Gasteiger partial charge >= 0.3 is 0 Å². The molecule has 0 saturated heterocycles. The summed E-state index contributed by atoms with van der Waals surface area (Å²) in [5, 5.41) is 11.4. The van der Waals surface area contributed by atoms with Crippen molar-refractivity contribution < 1.29 is 4.52 Å². The first kappa shape index (κ1) is 14.3. The van der Waals surface area contributed by atoms with E-state index in [9.17, 15) is 0 Å². The van der Waals surface area contributed by atoms with Crippen molar-refractivity contribution in [1.82, 2.24) is 25.3 Å². The average molecular weight is 317 g/mol. The van der Waals surface area contributed by atoms with E-state index in [1.165, 1.54) is 11.1 Å². The van der Waals surface area contributed by atoms with Gasteiger partial charge in [0.25, 0.3) is 5.89 Å². The standard InChI is InChI=1S/C18H15N5O/c1-11-3-4-12(2)14(9-11)15-10-16(22-21-15)18-20-17(23-24-18)13-5-7-19-8-6-13/h3-10H,1-2H3,(H,21,22). The largest absolute Gasteiger partial charge is 0.332 e. The van der Waals surface area contributed by atoms with Crippen LogP contribution in [0.25, 0.3) is 34.2 Å². The Hall–Kier alpha value is -3.28. The van der Waals surface area contributed by atoms with Crippen LogP contribution in [-0.4, -0.2) is 25.3 Å². The Balaban J connectivity index is 1.68. The topological polar surface area (TPSA) is 80.5 Å². The fraction of sp³-hybridized carbons (Fsp3) is 0.111. The zero-order chi connectivity index (χ0) is 16.5. The number of hydrogen-bond donors (Lipinski definition) is 1. The van der Waals surface area contributed by atoms with Crippen molar-refractivity contribution in [2.24, 2.45) is 0 Å². The normalized spacial score (nSPS) is 10.9. The number of H-pyrrole nitrogens is 1. The number of hydrogen-bond acceptors (Lipinski definition) is 5. The minimum atomic E-state index is 0.408. The summed E-state index contributed by atoms with van der Waals surface area (Å²) in [4.78, 5) is 8.41. The van der Waals surface area contributed by atoms with Crippen LogP contribution in [0, 0.1) is 13.8 Å². The van der Waals surface area contributed by atoms with Gasteiger partial charge in [0.05, 0.1) is 5.69 Å². The molecule has 24 heavy (non-hydrogen) atoms. The quantitative estimate of drug-likeness (QED) is 0.621. The molecule has 0 radical (unpaired) electrons. The van der Waals surface area contributed by atoms with E-state index in [2.05, 4.69) is 57.4 Å². The first-order valence-electron chi connectivity index (χ1n) is 7.58. The van der Waals surface area contributed by atoms with Gasteiger partial charge in [-0.15, -0.1) is 0 Å². The van der Waals surface area contributed by atoms with Gasteiger partial charge in [0.15, 0.2) is 0 Å². The second-order valence-electron chi connectivity index (χ2n) is 5.64. The molecule has 4 rings (SSSR count). The van der Waals surface area contributed by atoms with E-state index >= 15 is 0 Å². The highest BCUT2D eigenvalue weighted by molar-refractivity contribution is 5.68. The lowest BCUT2D eigenvalue weighted by molar-refractivity contribution is 0.431. The van der Waals surface area contributed by atoms with Crippen LogP contribution < -0.4 is 0 Å². The average Bonchev–Trinajstić information content (AvgIpc) is 3.27. The van der Waals surface area contributed by atoms with E-state index in [0.29, 0.717) is 17.4 Å². The molecule has 0 unspecified atom stereocenters. The molecule has 118 valence electrons. The monoisotopic (exact) mass is 317 g/mol. The van der Waals surface area contributed by atoms with Gasteiger partial charge in [-0.25, -0.2) is 0 Å². The van der Waals surface area contributed by atoms with Gasteiger partial charge in [-0.3, -0.25) is 10.1 Å². The Morgan fingerprint density at radius 2 is 1.83 bits per heavy atom. The van der Waals surface area contributed by atoms with Gasteiger partial charge in [-0.1, -0.05) is 22.9 Å². The molecule has 1 aromatic carbocycles. The number of aromatic amines is 1. The molecule has 0 amide bonds. The number of pyridine rings is 1. The SMILES string of the molecule is Cc1ccc(C)c(-c2cc(-c3nc(-c4ccncc4)no3)[nH]n2)c1. The highest BCUT2D eigenvalue weighted by atomic mass is 16.5. The van der Waals surface area contributed by atoms with Gasteiger partial charge in [0.1, 0.15) is 5.69 Å². The maximum atomic E-state index is 5.36. The molecule has 1 N–H and O–H groups in total. The minimum absolute atomic E-state index is 0.408. The van der Waals surface area contributed by atoms with Crippen LogP contribution in [-0.2, 0) is 0 Å². The Bertz CT molecular complexity index is 988. The van der Waals surface area contributed by atoms with E-state index in [1.807, 2.05) is 18.2 Å². The predicted octanol–water partition coefficient (Wildman–Crippen LogP) is 3.81. The molecule has 6 nitrogen and oxygen atoms in total. The molecule has 0 atom stereocenters. The van der Waals surface area contributed by atoms with Gasteiger partial charge in [-0.05, 0) is 43.7 Å². The number of nitrogens with zero attached hydrogens (tertiary/aromatic N) is 4. The van der Waals surface area contributed by atoms with E-state index < -0.39 is 0 Å². The fourth-order valence-electron chi connectivity index (χ4n) is 2.53. The second-order valence-corrected chi connectivity index (χ2v) is 5.64. The van der Waals surface area contributed by atoms with E-state index in [1.54, 1.807) is 12.4 Å². The van der Waals surface area contributed by atoms with E-state index in [-0.39, 0.29) is 0 Å². The summed E-state index contributed by atoms with van der Waals surface area (Å²) in [6.07, 6.45) is 3.39. The zero-order valence-corrected chi connectivity index (χ0v) is 13.3. The molecule has 0 saturated carbocycles. The first-order chi connectivity index (χ1) is 11.7. The van der Waals surface area contributed by atoms with Crippen LogP contribution in [0.3, 0.4) is 0 Å². The second kappa shape index (κ2) is 5.73. The number of benzene rings is 1. The summed E-state index contributed by atoms with van der Waals surface area (Å²) in [5.74, 6) is 0.932. The maximum absolute atomic E-state index is 5.36. The Kier molecular flexibility index (Phi) is 3.42. The van der Waals surface area contributed by atoms with Crippen molar-refractivity contribution in [2.45, 2.75) is 13.8 Å². The summed E-state index contributed by atoms with van der Waals surface area (Å²) in [7, 11) is 0. The lowest BCUT2D eigenvalue weighted by atomic mass is 10.0. The van der Waals surface area contributed by atoms with Crippen molar-refractivity contribution in [3.05, 3.63) is 59.9 Å². The molecule has 3 heterocycles. The van der Waals surface area contributed by atoms with Gasteiger partial charge < -0.3 is 4.52 Å². The highest BCUT2D eigenvalue weighted by Crippen LogP contribution is 2.27. The molecule has 4 aromatic rings. The highest BCUT2D eigenvalue weighted by Gasteiger charge is 2.14. The molecule has 0 fully saturated rings. The summed E-state index contributed by atoms with van der Waals surface area (Å²) in [6.45, 7) is 4.13. The maximum Gasteiger partial charge on any atom is 0.276 e. The Morgan fingerprint density at radius 3 is 2.67 bits per heavy atom. The number of nitrogens with one attached hydrogen (secondary N) is 1. The molecular weight excluding hydrogens is 302 g/mol. The van der Waals surface area contributed by atoms with Crippen LogP contribution in [0.4, 0.5) is 0 Å². The zero-order valence-electron chi connectivity index (χ0n) is 13.3. The van der Waals surface area contributed by atoms with Crippen LogP contribution in [0.5, 0.6) is 0 Å². The van der Waals surface area contributed by atoms with Gasteiger partial charge in [0.2, 0.25) is 5.82 Å². The number of aryl methyl sites for hydroxylation is 2. The predicted molar refractivity (Wildman–Crippen MR) is 90.0 cm³/mol. The van der Waals surface area contributed by atoms with Crippen LogP contribution >= 0.6 is 0 Å². The molecule has 6 heteroatoms. The van der Waals surface area contributed by atoms with Crippen LogP contribution in [0.1, 0.15) is 11.1 Å². The van der Waals surface area contributed by atoms with E-state index in [4.69, 9.17) is 4.52 Å². The molecule has 0 bridgehead atoms. The molecule has 0 aliphatic rings. The lowest BCUT2D eigenvalue weighted by Crippen LogP contribution is -1.84. The van der Waals surface area contributed by atoms with Gasteiger partial charge in [-0.2, -0.15) is 10.1 Å². The molecular formula is C18H15N5O. The summed E-state index contributed by atoms with van der Waals surface area (Å²) < 4.78 is 5.36. The summed E-state index contributed by atoms with van der Waals surface area (Å²) in [6, 6.07) is 11.9. The third kappa shape index (κ3) is 2.58. The number of aromatic nitrogens is 5. The van der Waals surface area contributed by atoms with Crippen molar-refractivity contribution in [3.8, 4) is 34.2 Å². The Labute approximate surface area is 138 Å². The summed E-state index contributed by atoms with van der Waals surface area (Å²) >= 11 is 0.